The van der Waals surface area contributed by atoms with E-state index in [-0.39, 0.29) is 17.7 Å². The van der Waals surface area contributed by atoms with Gasteiger partial charge in [0.15, 0.2) is 0 Å². The predicted molar refractivity (Wildman–Crippen MR) is 69.9 cm³/mol. The molecular formula is C14H24N2O2. The summed E-state index contributed by atoms with van der Waals surface area (Å²) < 4.78 is 0. The second-order valence-electron chi connectivity index (χ2n) is 5.86. The monoisotopic (exact) mass is 252 g/mol. The van der Waals surface area contributed by atoms with Crippen molar-refractivity contribution in [1.29, 1.82) is 0 Å². The van der Waals surface area contributed by atoms with E-state index >= 15 is 0 Å². The number of hydrogen-bond donors (Lipinski definition) is 2. The van der Waals surface area contributed by atoms with Crippen LogP contribution >= 0.6 is 0 Å². The van der Waals surface area contributed by atoms with E-state index in [1.54, 1.807) is 0 Å². The fourth-order valence-electron chi connectivity index (χ4n) is 2.91. The predicted octanol–water partition coefficient (Wildman–Crippen LogP) is 1.60. The van der Waals surface area contributed by atoms with Crippen LogP contribution in [0.25, 0.3) is 0 Å². The van der Waals surface area contributed by atoms with Crippen LogP contribution in [0.1, 0.15) is 51.9 Å². The van der Waals surface area contributed by atoms with Crippen LogP contribution in [-0.2, 0) is 9.59 Å². The van der Waals surface area contributed by atoms with E-state index in [2.05, 4.69) is 17.6 Å². The molecule has 2 aliphatic rings. The Bertz CT molecular complexity index is 307. The SMILES string of the molecule is CC1CCCC(NC(=O)C2CCC(=O)NC2)CC1. The zero-order valence-electron chi connectivity index (χ0n) is 11.2. The lowest BCUT2D eigenvalue weighted by Crippen LogP contribution is -2.45. The quantitative estimate of drug-likeness (QED) is 0.733. The van der Waals surface area contributed by atoms with Gasteiger partial charge in [-0.25, -0.2) is 0 Å². The molecule has 0 spiro atoms. The maximum Gasteiger partial charge on any atom is 0.225 e. The number of amides is 2. The molecule has 2 amide bonds. The number of carbonyl (C=O) groups excluding carboxylic acids is 2. The van der Waals surface area contributed by atoms with Gasteiger partial charge in [-0.1, -0.05) is 19.8 Å². The summed E-state index contributed by atoms with van der Waals surface area (Å²) >= 11 is 0. The minimum atomic E-state index is -0.0247. The lowest BCUT2D eigenvalue weighted by atomic mass is 9.97. The third-order valence-corrected chi connectivity index (χ3v) is 4.24. The van der Waals surface area contributed by atoms with Crippen LogP contribution in [0.3, 0.4) is 0 Å². The molecular weight excluding hydrogens is 228 g/mol. The van der Waals surface area contributed by atoms with Gasteiger partial charge in [-0.3, -0.25) is 9.59 Å². The molecule has 2 rings (SSSR count). The minimum Gasteiger partial charge on any atom is -0.355 e. The highest BCUT2D eigenvalue weighted by Crippen LogP contribution is 2.23. The second-order valence-corrected chi connectivity index (χ2v) is 5.86. The number of carbonyl (C=O) groups is 2. The average Bonchev–Trinajstić information content (AvgIpc) is 2.55. The van der Waals surface area contributed by atoms with E-state index in [1.165, 1.54) is 19.3 Å². The van der Waals surface area contributed by atoms with Gasteiger partial charge in [-0.05, 0) is 31.6 Å². The third-order valence-electron chi connectivity index (χ3n) is 4.24. The lowest BCUT2D eigenvalue weighted by Gasteiger charge is -2.24. The molecule has 4 heteroatoms. The smallest absolute Gasteiger partial charge is 0.225 e. The molecule has 1 saturated heterocycles. The Labute approximate surface area is 109 Å². The van der Waals surface area contributed by atoms with Crippen LogP contribution in [-0.4, -0.2) is 24.4 Å². The first kappa shape index (κ1) is 13.4. The van der Waals surface area contributed by atoms with Gasteiger partial charge in [0.1, 0.15) is 0 Å². The lowest BCUT2D eigenvalue weighted by molar-refractivity contribution is -0.129. The molecule has 0 aromatic rings. The summed E-state index contributed by atoms with van der Waals surface area (Å²) in [5.41, 5.74) is 0. The number of piperidine rings is 1. The van der Waals surface area contributed by atoms with E-state index in [9.17, 15) is 9.59 Å². The topological polar surface area (TPSA) is 58.2 Å². The largest absolute Gasteiger partial charge is 0.355 e. The molecule has 3 atom stereocenters. The Balaban J connectivity index is 1.78. The van der Waals surface area contributed by atoms with Crippen LogP contribution in [0.2, 0.25) is 0 Å². The summed E-state index contributed by atoms with van der Waals surface area (Å²) in [7, 11) is 0. The van der Waals surface area contributed by atoms with Crippen molar-refractivity contribution in [2.24, 2.45) is 11.8 Å². The van der Waals surface area contributed by atoms with Gasteiger partial charge in [-0.2, -0.15) is 0 Å². The maximum absolute atomic E-state index is 12.1. The summed E-state index contributed by atoms with van der Waals surface area (Å²) in [5.74, 6) is 0.973. The summed E-state index contributed by atoms with van der Waals surface area (Å²) in [4.78, 5) is 23.2. The zero-order valence-corrected chi connectivity index (χ0v) is 11.2. The van der Waals surface area contributed by atoms with Crippen molar-refractivity contribution in [3.05, 3.63) is 0 Å². The van der Waals surface area contributed by atoms with Gasteiger partial charge >= 0.3 is 0 Å². The molecule has 3 unspecified atom stereocenters. The molecule has 0 aromatic carbocycles. The highest BCUT2D eigenvalue weighted by Gasteiger charge is 2.26. The van der Waals surface area contributed by atoms with Crippen LogP contribution in [0.4, 0.5) is 0 Å². The van der Waals surface area contributed by atoms with Gasteiger partial charge in [-0.15, -0.1) is 0 Å². The fourth-order valence-corrected chi connectivity index (χ4v) is 2.91. The second kappa shape index (κ2) is 6.21. The van der Waals surface area contributed by atoms with E-state index in [4.69, 9.17) is 0 Å². The molecule has 1 aliphatic heterocycles. The highest BCUT2D eigenvalue weighted by molar-refractivity contribution is 5.83. The highest BCUT2D eigenvalue weighted by atomic mass is 16.2. The molecule has 4 nitrogen and oxygen atoms in total. The van der Waals surface area contributed by atoms with Crippen molar-refractivity contribution in [2.45, 2.75) is 57.9 Å². The summed E-state index contributed by atoms with van der Waals surface area (Å²) in [6.07, 6.45) is 7.10. The normalized spacial score (nSPS) is 33.4. The van der Waals surface area contributed by atoms with Crippen molar-refractivity contribution in [2.75, 3.05) is 6.54 Å². The van der Waals surface area contributed by atoms with E-state index in [1.807, 2.05) is 0 Å². The molecule has 1 heterocycles. The molecule has 1 aliphatic carbocycles. The standard InChI is InChI=1S/C14H24N2O2/c1-10-3-2-4-12(7-5-10)16-14(18)11-6-8-13(17)15-9-11/h10-12H,2-9H2,1H3,(H,15,17)(H,16,18). The van der Waals surface area contributed by atoms with Gasteiger partial charge in [0.2, 0.25) is 11.8 Å². The van der Waals surface area contributed by atoms with Gasteiger partial charge < -0.3 is 10.6 Å². The minimum absolute atomic E-state index is 0.0247. The first-order valence-corrected chi connectivity index (χ1v) is 7.22. The molecule has 0 aromatic heterocycles. The molecule has 2 fully saturated rings. The molecule has 18 heavy (non-hydrogen) atoms. The van der Waals surface area contributed by atoms with Crippen LogP contribution in [0.5, 0.6) is 0 Å². The molecule has 1 saturated carbocycles. The Kier molecular flexibility index (Phi) is 4.61. The maximum atomic E-state index is 12.1. The first-order valence-electron chi connectivity index (χ1n) is 7.22. The first-order chi connectivity index (χ1) is 8.65. The van der Waals surface area contributed by atoms with Gasteiger partial charge in [0.25, 0.3) is 0 Å². The van der Waals surface area contributed by atoms with Crippen molar-refractivity contribution in [1.82, 2.24) is 10.6 Å². The van der Waals surface area contributed by atoms with Crippen molar-refractivity contribution >= 4 is 11.8 Å². The Morgan fingerprint density at radius 3 is 2.78 bits per heavy atom. The van der Waals surface area contributed by atoms with Crippen LogP contribution in [0, 0.1) is 11.8 Å². The zero-order chi connectivity index (χ0) is 13.0. The molecule has 102 valence electrons. The molecule has 0 bridgehead atoms. The summed E-state index contributed by atoms with van der Waals surface area (Å²) in [5, 5.41) is 5.94. The molecule has 2 N–H and O–H groups in total. The van der Waals surface area contributed by atoms with E-state index < -0.39 is 0 Å². The molecule has 0 radical (unpaired) electrons. The Morgan fingerprint density at radius 1 is 1.22 bits per heavy atom. The van der Waals surface area contributed by atoms with Crippen LogP contribution in [0.15, 0.2) is 0 Å². The number of nitrogens with one attached hydrogen (secondary N) is 2. The number of hydrogen-bond acceptors (Lipinski definition) is 2. The third kappa shape index (κ3) is 3.72. The van der Waals surface area contributed by atoms with Crippen LogP contribution < -0.4 is 10.6 Å². The van der Waals surface area contributed by atoms with Gasteiger partial charge in [0.05, 0.1) is 5.92 Å². The summed E-state index contributed by atoms with van der Waals surface area (Å²) in [6, 6.07) is 0.347. The van der Waals surface area contributed by atoms with Gasteiger partial charge in [0, 0.05) is 19.0 Å². The van der Waals surface area contributed by atoms with Crippen molar-refractivity contribution in [3.8, 4) is 0 Å². The average molecular weight is 252 g/mol. The van der Waals surface area contributed by atoms with Crippen molar-refractivity contribution in [3.63, 3.8) is 0 Å². The van der Waals surface area contributed by atoms with E-state index in [0.29, 0.717) is 25.4 Å². The van der Waals surface area contributed by atoms with Crippen molar-refractivity contribution < 1.29 is 9.59 Å². The summed E-state index contributed by atoms with van der Waals surface area (Å²) in [6.45, 7) is 2.80. The Hall–Kier alpha value is -1.06. The fraction of sp³-hybridized carbons (Fsp3) is 0.857. The van der Waals surface area contributed by atoms with E-state index in [0.717, 1.165) is 18.8 Å². The number of rotatable bonds is 2. The Morgan fingerprint density at radius 2 is 2.06 bits per heavy atom.